The van der Waals surface area contributed by atoms with Crippen LogP contribution in [-0.4, -0.2) is 44.3 Å². The van der Waals surface area contributed by atoms with E-state index < -0.39 is 34.3 Å². The number of halogens is 2. The van der Waals surface area contributed by atoms with Crippen LogP contribution in [-0.2, 0) is 32.6 Å². The Labute approximate surface area is 260 Å². The van der Waals surface area contributed by atoms with Gasteiger partial charge in [-0.15, -0.1) is 0 Å². The molecule has 0 aliphatic rings. The molecule has 7 nitrogen and oxygen atoms in total. The number of hydrogen-bond donors (Lipinski definition) is 1. The fraction of sp³-hybridized carbons (Fsp3) is 0.212. The number of amides is 2. The van der Waals surface area contributed by atoms with Gasteiger partial charge in [0.05, 0.1) is 10.6 Å². The first-order valence-corrected chi connectivity index (χ1v) is 16.1. The lowest BCUT2D eigenvalue weighted by Gasteiger charge is -2.34. The van der Waals surface area contributed by atoms with Crippen molar-refractivity contribution < 1.29 is 22.4 Å². The molecule has 43 heavy (non-hydrogen) atoms. The first-order chi connectivity index (χ1) is 20.7. The van der Waals surface area contributed by atoms with Gasteiger partial charge in [0, 0.05) is 24.0 Å². The van der Waals surface area contributed by atoms with Gasteiger partial charge in [0.15, 0.2) is 0 Å². The molecular formula is C33H33BrFN3O4S. The number of anilines is 1. The molecule has 0 saturated heterocycles. The van der Waals surface area contributed by atoms with Gasteiger partial charge in [0.25, 0.3) is 10.0 Å². The molecule has 0 aliphatic carbocycles. The summed E-state index contributed by atoms with van der Waals surface area (Å²) >= 11 is 3.38. The third-order valence-electron chi connectivity index (χ3n) is 6.81. The molecule has 0 fully saturated rings. The lowest BCUT2D eigenvalue weighted by atomic mass is 10.0. The van der Waals surface area contributed by atoms with Crippen molar-refractivity contribution in [1.82, 2.24) is 10.2 Å². The van der Waals surface area contributed by atoms with Crippen LogP contribution in [0, 0.1) is 5.82 Å². The number of sulfonamides is 1. The summed E-state index contributed by atoms with van der Waals surface area (Å²) in [5.41, 5.74) is 1.71. The molecule has 0 radical (unpaired) electrons. The third-order valence-corrected chi connectivity index (χ3v) is 9.13. The highest BCUT2D eigenvalue weighted by Gasteiger charge is 2.34. The number of carbonyl (C=O) groups excluding carboxylic acids is 2. The molecule has 0 aliphatic heterocycles. The molecule has 2 amide bonds. The van der Waals surface area contributed by atoms with Crippen molar-refractivity contribution in [1.29, 1.82) is 0 Å². The Morgan fingerprint density at radius 2 is 1.44 bits per heavy atom. The van der Waals surface area contributed by atoms with E-state index in [1.54, 1.807) is 54.6 Å². The lowest BCUT2D eigenvalue weighted by Crippen LogP contribution is -2.53. The summed E-state index contributed by atoms with van der Waals surface area (Å²) in [6.07, 6.45) is 0.898. The van der Waals surface area contributed by atoms with E-state index in [2.05, 4.69) is 21.2 Å². The SMILES string of the molecule is CCCNC(=O)[C@H](Cc1ccccc1)N(Cc1ccc(F)cc1)C(=O)CN(c1ccc(Br)cc1)S(=O)(=O)c1ccccc1. The van der Waals surface area contributed by atoms with Crippen LogP contribution in [0.1, 0.15) is 24.5 Å². The van der Waals surface area contributed by atoms with Crippen LogP contribution in [0.2, 0.25) is 0 Å². The highest BCUT2D eigenvalue weighted by atomic mass is 79.9. The van der Waals surface area contributed by atoms with Crippen LogP contribution in [0.4, 0.5) is 10.1 Å². The number of nitrogens with zero attached hydrogens (tertiary/aromatic N) is 2. The van der Waals surface area contributed by atoms with Crippen LogP contribution in [0.25, 0.3) is 0 Å². The Kier molecular flexibility index (Phi) is 11.1. The predicted molar refractivity (Wildman–Crippen MR) is 169 cm³/mol. The summed E-state index contributed by atoms with van der Waals surface area (Å²) in [5.74, 6) is -1.37. The molecule has 0 bridgehead atoms. The molecule has 1 N–H and O–H groups in total. The number of rotatable bonds is 13. The van der Waals surface area contributed by atoms with Crippen molar-refractivity contribution in [3.8, 4) is 0 Å². The Bertz CT molecular complexity index is 1600. The maximum atomic E-state index is 14.3. The van der Waals surface area contributed by atoms with E-state index in [0.717, 1.165) is 14.3 Å². The fourth-order valence-corrected chi connectivity index (χ4v) is 6.26. The molecule has 0 unspecified atom stereocenters. The van der Waals surface area contributed by atoms with E-state index in [4.69, 9.17) is 0 Å². The van der Waals surface area contributed by atoms with Gasteiger partial charge in [-0.2, -0.15) is 0 Å². The van der Waals surface area contributed by atoms with Crippen molar-refractivity contribution in [3.05, 3.63) is 131 Å². The number of benzene rings is 4. The van der Waals surface area contributed by atoms with E-state index in [1.165, 1.54) is 29.2 Å². The van der Waals surface area contributed by atoms with Gasteiger partial charge < -0.3 is 10.2 Å². The molecule has 0 heterocycles. The monoisotopic (exact) mass is 665 g/mol. The van der Waals surface area contributed by atoms with Crippen molar-refractivity contribution in [2.24, 2.45) is 0 Å². The van der Waals surface area contributed by atoms with Crippen LogP contribution >= 0.6 is 15.9 Å². The largest absolute Gasteiger partial charge is 0.354 e. The van der Waals surface area contributed by atoms with Gasteiger partial charge in [-0.1, -0.05) is 83.5 Å². The zero-order valence-corrected chi connectivity index (χ0v) is 26.1. The van der Waals surface area contributed by atoms with E-state index in [-0.39, 0.29) is 29.5 Å². The first kappa shape index (κ1) is 31.9. The summed E-state index contributed by atoms with van der Waals surface area (Å²) in [6, 6.07) is 28.5. The van der Waals surface area contributed by atoms with Gasteiger partial charge in [-0.3, -0.25) is 13.9 Å². The lowest BCUT2D eigenvalue weighted by molar-refractivity contribution is -0.140. The third kappa shape index (κ3) is 8.52. The molecule has 1 atom stereocenters. The summed E-state index contributed by atoms with van der Waals surface area (Å²) in [7, 11) is -4.17. The van der Waals surface area contributed by atoms with Crippen molar-refractivity contribution >= 4 is 43.5 Å². The molecule has 224 valence electrons. The second-order valence-corrected chi connectivity index (χ2v) is 12.7. The fourth-order valence-electron chi connectivity index (χ4n) is 4.56. The quantitative estimate of drug-likeness (QED) is 0.191. The van der Waals surface area contributed by atoms with Gasteiger partial charge >= 0.3 is 0 Å². The standard InChI is InChI=1S/C33H33BrFN3O4S/c1-2-21-36-33(40)31(22-25-9-5-3-6-10-25)37(23-26-13-17-28(35)18-14-26)32(39)24-38(29-19-15-27(34)16-20-29)43(41,42)30-11-7-4-8-12-30/h3-20,31H,2,21-24H2,1H3,(H,36,40)/t31-/m0/s1. The van der Waals surface area contributed by atoms with Gasteiger partial charge in [0.2, 0.25) is 11.8 Å². The van der Waals surface area contributed by atoms with Crippen molar-refractivity contribution in [2.45, 2.75) is 37.2 Å². The predicted octanol–water partition coefficient (Wildman–Crippen LogP) is 5.95. The maximum Gasteiger partial charge on any atom is 0.264 e. The topological polar surface area (TPSA) is 86.8 Å². The van der Waals surface area contributed by atoms with Gasteiger partial charge in [-0.25, -0.2) is 12.8 Å². The highest BCUT2D eigenvalue weighted by molar-refractivity contribution is 9.10. The second-order valence-electron chi connectivity index (χ2n) is 9.95. The molecule has 10 heteroatoms. The van der Waals surface area contributed by atoms with Crippen LogP contribution in [0.5, 0.6) is 0 Å². The van der Waals surface area contributed by atoms with Gasteiger partial charge in [0.1, 0.15) is 18.4 Å². The van der Waals surface area contributed by atoms with Gasteiger partial charge in [-0.05, 0) is 66.1 Å². The number of nitrogens with one attached hydrogen (secondary N) is 1. The summed E-state index contributed by atoms with van der Waals surface area (Å²) in [6.45, 7) is 1.75. The smallest absolute Gasteiger partial charge is 0.264 e. The molecule has 0 aromatic heterocycles. The Morgan fingerprint density at radius 3 is 2.05 bits per heavy atom. The average molecular weight is 667 g/mol. The molecular weight excluding hydrogens is 633 g/mol. The zero-order valence-electron chi connectivity index (χ0n) is 23.7. The minimum Gasteiger partial charge on any atom is -0.354 e. The molecule has 4 aromatic rings. The van der Waals surface area contributed by atoms with Crippen LogP contribution in [0.3, 0.4) is 0 Å². The van der Waals surface area contributed by atoms with Crippen molar-refractivity contribution in [2.75, 3.05) is 17.4 Å². The van der Waals surface area contributed by atoms with Crippen LogP contribution in [0.15, 0.2) is 119 Å². The summed E-state index contributed by atoms with van der Waals surface area (Å²) in [4.78, 5) is 29.3. The van der Waals surface area contributed by atoms with Crippen molar-refractivity contribution in [3.63, 3.8) is 0 Å². The van der Waals surface area contributed by atoms with Crippen LogP contribution < -0.4 is 9.62 Å². The second kappa shape index (κ2) is 14.9. The van der Waals surface area contributed by atoms with E-state index in [1.807, 2.05) is 37.3 Å². The molecule has 4 rings (SSSR count). The normalized spacial score (nSPS) is 11.9. The molecule has 4 aromatic carbocycles. The highest BCUT2D eigenvalue weighted by Crippen LogP contribution is 2.26. The van der Waals surface area contributed by atoms with E-state index in [0.29, 0.717) is 18.5 Å². The Morgan fingerprint density at radius 1 is 0.837 bits per heavy atom. The average Bonchev–Trinajstić information content (AvgIpc) is 3.02. The first-order valence-electron chi connectivity index (χ1n) is 13.9. The van der Waals surface area contributed by atoms with E-state index >= 15 is 0 Å². The minimum absolute atomic E-state index is 0.0253. The molecule has 0 spiro atoms. The molecule has 0 saturated carbocycles. The summed E-state index contributed by atoms with van der Waals surface area (Å²) in [5, 5.41) is 2.90. The Balaban J connectivity index is 1.78. The summed E-state index contributed by atoms with van der Waals surface area (Å²) < 4.78 is 43.4. The zero-order chi connectivity index (χ0) is 30.8. The minimum atomic E-state index is -4.17. The maximum absolute atomic E-state index is 14.3. The van der Waals surface area contributed by atoms with E-state index in [9.17, 15) is 22.4 Å². The number of hydrogen-bond acceptors (Lipinski definition) is 4. The number of carbonyl (C=O) groups is 2. The Hall–Kier alpha value is -4.02.